The molecule has 2 heterocycles. The van der Waals surface area contributed by atoms with E-state index >= 15 is 0 Å². The van der Waals surface area contributed by atoms with E-state index in [0.29, 0.717) is 29.0 Å². The van der Waals surface area contributed by atoms with Gasteiger partial charge in [-0.25, -0.2) is 4.98 Å². The zero-order chi connectivity index (χ0) is 16.4. The third-order valence-electron chi connectivity index (χ3n) is 3.75. The summed E-state index contributed by atoms with van der Waals surface area (Å²) in [4.78, 5) is 21.1. The maximum Gasteiger partial charge on any atom is 0.261 e. The van der Waals surface area contributed by atoms with Crippen LogP contribution in [0.4, 0.5) is 0 Å². The van der Waals surface area contributed by atoms with Crippen LogP contribution in [0.25, 0.3) is 10.9 Å². The molecule has 4 rings (SSSR count). The number of nitrogens with zero attached hydrogens (tertiary/aromatic N) is 4. The van der Waals surface area contributed by atoms with Crippen LogP contribution in [0.5, 0.6) is 0 Å². The van der Waals surface area contributed by atoms with Gasteiger partial charge in [0.25, 0.3) is 5.56 Å². The summed E-state index contributed by atoms with van der Waals surface area (Å²) in [6, 6.07) is 17.2. The molecule has 4 aromatic rings. The van der Waals surface area contributed by atoms with E-state index < -0.39 is 0 Å². The fourth-order valence-corrected chi connectivity index (χ4v) is 2.57. The molecule has 6 nitrogen and oxygen atoms in total. The second kappa shape index (κ2) is 6.08. The molecule has 118 valence electrons. The molecule has 0 saturated heterocycles. The zero-order valence-corrected chi connectivity index (χ0v) is 12.8. The van der Waals surface area contributed by atoms with Crippen molar-refractivity contribution in [2.75, 3.05) is 0 Å². The monoisotopic (exact) mass is 318 g/mol. The topological polar surface area (TPSA) is 73.8 Å². The molecule has 2 aromatic heterocycles. The second-order valence-electron chi connectivity index (χ2n) is 5.46. The Morgan fingerprint density at radius 3 is 2.67 bits per heavy atom. The highest BCUT2D eigenvalue weighted by atomic mass is 16.5. The molecule has 0 aliphatic carbocycles. The molecule has 0 radical (unpaired) electrons. The number of benzene rings is 2. The molecule has 0 amide bonds. The maximum atomic E-state index is 12.5. The highest BCUT2D eigenvalue weighted by Crippen LogP contribution is 2.08. The Labute approximate surface area is 137 Å². The molecular formula is C18H14N4O2. The van der Waals surface area contributed by atoms with Gasteiger partial charge in [-0.15, -0.1) is 0 Å². The lowest BCUT2D eigenvalue weighted by Crippen LogP contribution is -2.21. The van der Waals surface area contributed by atoms with Crippen molar-refractivity contribution in [3.8, 4) is 0 Å². The molecule has 0 N–H and O–H groups in total. The highest BCUT2D eigenvalue weighted by Gasteiger charge is 2.10. The lowest BCUT2D eigenvalue weighted by Gasteiger charge is -2.03. The summed E-state index contributed by atoms with van der Waals surface area (Å²) in [6.07, 6.45) is 2.10. The SMILES string of the molecule is O=c1c2ccccc2ncn1Cc1nc(Cc2ccccc2)no1. The van der Waals surface area contributed by atoms with Crippen molar-refractivity contribution in [1.29, 1.82) is 0 Å². The predicted octanol–water partition coefficient (Wildman–Crippen LogP) is 2.42. The van der Waals surface area contributed by atoms with Crippen LogP contribution in [0, 0.1) is 0 Å². The van der Waals surface area contributed by atoms with Gasteiger partial charge in [0.05, 0.1) is 17.2 Å². The van der Waals surface area contributed by atoms with E-state index in [9.17, 15) is 4.79 Å². The quantitative estimate of drug-likeness (QED) is 0.578. The summed E-state index contributed by atoms with van der Waals surface area (Å²) in [7, 11) is 0. The molecule has 0 spiro atoms. The van der Waals surface area contributed by atoms with Gasteiger partial charge in [-0.2, -0.15) is 4.98 Å². The van der Waals surface area contributed by atoms with Crippen LogP contribution in [-0.2, 0) is 13.0 Å². The first-order valence-electron chi connectivity index (χ1n) is 7.59. The minimum atomic E-state index is -0.122. The van der Waals surface area contributed by atoms with Crippen molar-refractivity contribution in [1.82, 2.24) is 19.7 Å². The molecule has 2 aromatic carbocycles. The predicted molar refractivity (Wildman–Crippen MR) is 88.7 cm³/mol. The smallest absolute Gasteiger partial charge is 0.261 e. The number of hydrogen-bond donors (Lipinski definition) is 0. The first-order valence-corrected chi connectivity index (χ1v) is 7.59. The average Bonchev–Trinajstić information content (AvgIpc) is 3.05. The molecule has 6 heteroatoms. The zero-order valence-electron chi connectivity index (χ0n) is 12.8. The third-order valence-corrected chi connectivity index (χ3v) is 3.75. The van der Waals surface area contributed by atoms with Crippen LogP contribution in [0.15, 0.2) is 70.2 Å². The van der Waals surface area contributed by atoms with Crippen LogP contribution in [0.2, 0.25) is 0 Å². The number of rotatable bonds is 4. The third kappa shape index (κ3) is 2.81. The summed E-state index contributed by atoms with van der Waals surface area (Å²) >= 11 is 0. The van der Waals surface area contributed by atoms with Crippen molar-refractivity contribution < 1.29 is 4.52 Å². The normalized spacial score (nSPS) is 11.0. The molecule has 0 aliphatic heterocycles. The van der Waals surface area contributed by atoms with Gasteiger partial charge in [0, 0.05) is 6.42 Å². The van der Waals surface area contributed by atoms with Gasteiger partial charge < -0.3 is 4.52 Å². The number of hydrogen-bond acceptors (Lipinski definition) is 5. The summed E-state index contributed by atoms with van der Waals surface area (Å²) in [6.45, 7) is 0.207. The van der Waals surface area contributed by atoms with Crippen molar-refractivity contribution >= 4 is 10.9 Å². The second-order valence-corrected chi connectivity index (χ2v) is 5.46. The minimum absolute atomic E-state index is 0.122. The van der Waals surface area contributed by atoms with Gasteiger partial charge in [0.1, 0.15) is 6.54 Å². The van der Waals surface area contributed by atoms with Gasteiger partial charge in [-0.05, 0) is 17.7 Å². The molecular weight excluding hydrogens is 304 g/mol. The number of aromatic nitrogens is 4. The fourth-order valence-electron chi connectivity index (χ4n) is 2.57. The molecule has 0 fully saturated rings. The molecule has 0 aliphatic rings. The van der Waals surface area contributed by atoms with E-state index in [1.165, 1.54) is 10.9 Å². The summed E-state index contributed by atoms with van der Waals surface area (Å²) in [5.74, 6) is 0.984. The van der Waals surface area contributed by atoms with Gasteiger partial charge in [0.15, 0.2) is 5.82 Å². The maximum absolute atomic E-state index is 12.5. The summed E-state index contributed by atoms with van der Waals surface area (Å²) < 4.78 is 6.73. The van der Waals surface area contributed by atoms with E-state index in [1.54, 1.807) is 6.07 Å². The van der Waals surface area contributed by atoms with Crippen molar-refractivity contribution in [3.63, 3.8) is 0 Å². The Hall–Kier alpha value is -3.28. The van der Waals surface area contributed by atoms with E-state index in [0.717, 1.165) is 5.56 Å². The summed E-state index contributed by atoms with van der Waals surface area (Å²) in [5, 5.41) is 4.55. The average molecular weight is 318 g/mol. The lowest BCUT2D eigenvalue weighted by molar-refractivity contribution is 0.365. The first-order chi connectivity index (χ1) is 11.8. The Morgan fingerprint density at radius 2 is 1.79 bits per heavy atom. The summed E-state index contributed by atoms with van der Waals surface area (Å²) in [5.41, 5.74) is 1.66. The van der Waals surface area contributed by atoms with E-state index in [2.05, 4.69) is 15.1 Å². The Morgan fingerprint density at radius 1 is 1.00 bits per heavy atom. The molecule has 0 atom stereocenters. The van der Waals surface area contributed by atoms with Gasteiger partial charge in [0.2, 0.25) is 5.89 Å². The highest BCUT2D eigenvalue weighted by molar-refractivity contribution is 5.76. The van der Waals surface area contributed by atoms with Crippen LogP contribution >= 0.6 is 0 Å². The first kappa shape index (κ1) is 14.3. The Kier molecular flexibility index (Phi) is 3.63. The largest absolute Gasteiger partial charge is 0.337 e. The van der Waals surface area contributed by atoms with E-state index in [1.807, 2.05) is 48.5 Å². The fraction of sp³-hybridized carbons (Fsp3) is 0.111. The standard InChI is InChI=1S/C18H14N4O2/c23-18-14-8-4-5-9-15(14)19-12-22(18)11-17-20-16(21-24-17)10-13-6-2-1-3-7-13/h1-9,12H,10-11H2. The van der Waals surface area contributed by atoms with Gasteiger partial charge in [-0.3, -0.25) is 9.36 Å². The van der Waals surface area contributed by atoms with Gasteiger partial charge in [-0.1, -0.05) is 47.6 Å². The van der Waals surface area contributed by atoms with E-state index in [-0.39, 0.29) is 12.1 Å². The number of para-hydroxylation sites is 1. The van der Waals surface area contributed by atoms with Crippen molar-refractivity contribution in [2.24, 2.45) is 0 Å². The van der Waals surface area contributed by atoms with Gasteiger partial charge >= 0.3 is 0 Å². The molecule has 0 unspecified atom stereocenters. The van der Waals surface area contributed by atoms with Crippen LogP contribution < -0.4 is 5.56 Å². The molecule has 24 heavy (non-hydrogen) atoms. The lowest BCUT2D eigenvalue weighted by atomic mass is 10.1. The van der Waals surface area contributed by atoms with Crippen molar-refractivity contribution in [3.05, 3.63) is 88.6 Å². The van der Waals surface area contributed by atoms with Crippen molar-refractivity contribution in [2.45, 2.75) is 13.0 Å². The number of fused-ring (bicyclic) bond motifs is 1. The van der Waals surface area contributed by atoms with Crippen LogP contribution in [0.1, 0.15) is 17.3 Å². The van der Waals surface area contributed by atoms with E-state index in [4.69, 9.17) is 4.52 Å². The Bertz CT molecular complexity index is 1040. The molecule has 0 saturated carbocycles. The Balaban J connectivity index is 1.58. The molecule has 0 bridgehead atoms. The van der Waals surface area contributed by atoms with Crippen LogP contribution in [0.3, 0.4) is 0 Å². The van der Waals surface area contributed by atoms with Crippen LogP contribution in [-0.4, -0.2) is 19.7 Å². The minimum Gasteiger partial charge on any atom is -0.337 e.